The molecule has 0 unspecified atom stereocenters. The molecule has 1 N–H and O–H groups in total. The first-order valence-electron chi connectivity index (χ1n) is 9.43. The number of amides is 2. The Labute approximate surface area is 148 Å². The normalized spacial score (nSPS) is 28.9. The molecule has 1 aromatic rings. The van der Waals surface area contributed by atoms with Gasteiger partial charge in [-0.25, -0.2) is 14.8 Å². The first-order chi connectivity index (χ1) is 12.3. The van der Waals surface area contributed by atoms with Crippen molar-refractivity contribution in [2.45, 2.75) is 38.2 Å². The molecular formula is C18H27N5O2. The minimum atomic E-state index is 0.0649. The molecule has 4 heterocycles. The number of hydrogen-bond donors (Lipinski definition) is 1. The number of ether oxygens (including phenoxy) is 1. The molecule has 3 aliphatic rings. The van der Waals surface area contributed by atoms with Gasteiger partial charge in [0.15, 0.2) is 0 Å². The van der Waals surface area contributed by atoms with Crippen molar-refractivity contribution in [1.29, 1.82) is 0 Å². The number of likely N-dealkylation sites (tertiary alicyclic amines) is 2. The van der Waals surface area contributed by atoms with Crippen molar-refractivity contribution < 1.29 is 9.53 Å². The third kappa shape index (κ3) is 3.42. The van der Waals surface area contributed by atoms with Gasteiger partial charge < -0.3 is 19.9 Å². The van der Waals surface area contributed by atoms with Gasteiger partial charge in [-0.3, -0.25) is 0 Å². The van der Waals surface area contributed by atoms with E-state index in [1.54, 1.807) is 12.4 Å². The van der Waals surface area contributed by atoms with E-state index in [9.17, 15) is 4.79 Å². The zero-order valence-corrected chi connectivity index (χ0v) is 14.7. The number of nitrogens with zero attached hydrogens (tertiary/aromatic N) is 4. The van der Waals surface area contributed by atoms with Crippen LogP contribution in [0.2, 0.25) is 0 Å². The molecule has 1 aromatic heterocycles. The lowest BCUT2D eigenvalue weighted by Gasteiger charge is -2.44. The molecule has 7 nitrogen and oxygen atoms in total. The lowest BCUT2D eigenvalue weighted by atomic mass is 9.74. The molecule has 0 bridgehead atoms. The molecular weight excluding hydrogens is 318 g/mol. The van der Waals surface area contributed by atoms with Gasteiger partial charge in [-0.2, -0.15) is 0 Å². The van der Waals surface area contributed by atoms with Crippen molar-refractivity contribution in [3.8, 4) is 0 Å². The zero-order valence-electron chi connectivity index (χ0n) is 14.7. The first-order valence-corrected chi connectivity index (χ1v) is 9.43. The highest BCUT2D eigenvalue weighted by Crippen LogP contribution is 2.43. The van der Waals surface area contributed by atoms with Crippen LogP contribution in [0.1, 0.15) is 32.1 Å². The van der Waals surface area contributed by atoms with E-state index in [-0.39, 0.29) is 17.6 Å². The van der Waals surface area contributed by atoms with Crippen molar-refractivity contribution in [2.75, 3.05) is 44.6 Å². The third-order valence-corrected chi connectivity index (χ3v) is 5.89. The fourth-order valence-corrected chi connectivity index (χ4v) is 4.50. The van der Waals surface area contributed by atoms with Crippen LogP contribution in [0, 0.1) is 5.41 Å². The number of aromatic nitrogens is 2. The summed E-state index contributed by atoms with van der Waals surface area (Å²) in [6.45, 7) is 5.06. The lowest BCUT2D eigenvalue weighted by Crippen LogP contribution is -2.54. The summed E-state index contributed by atoms with van der Waals surface area (Å²) in [4.78, 5) is 25.3. The Balaban J connectivity index is 1.39. The quantitative estimate of drug-likeness (QED) is 0.903. The van der Waals surface area contributed by atoms with Gasteiger partial charge >= 0.3 is 6.03 Å². The van der Waals surface area contributed by atoms with E-state index in [2.05, 4.69) is 20.2 Å². The average molecular weight is 345 g/mol. The molecule has 0 aromatic carbocycles. The van der Waals surface area contributed by atoms with E-state index >= 15 is 0 Å². The summed E-state index contributed by atoms with van der Waals surface area (Å²) < 4.78 is 6.01. The maximum absolute atomic E-state index is 12.8. The average Bonchev–Trinajstić information content (AvgIpc) is 3.31. The molecule has 0 saturated carbocycles. The Morgan fingerprint density at radius 2 is 2.04 bits per heavy atom. The highest BCUT2D eigenvalue weighted by molar-refractivity contribution is 5.75. The van der Waals surface area contributed by atoms with Crippen LogP contribution in [0.25, 0.3) is 0 Å². The smallest absolute Gasteiger partial charge is 0.320 e. The third-order valence-electron chi connectivity index (χ3n) is 5.89. The summed E-state index contributed by atoms with van der Waals surface area (Å²) in [6, 6.07) is 2.04. The molecule has 136 valence electrons. The predicted octanol–water partition coefficient (Wildman–Crippen LogP) is 1.98. The van der Waals surface area contributed by atoms with Crippen LogP contribution in [0.15, 0.2) is 18.5 Å². The monoisotopic (exact) mass is 345 g/mol. The Hall–Kier alpha value is -1.89. The highest BCUT2D eigenvalue weighted by Gasteiger charge is 2.48. The maximum Gasteiger partial charge on any atom is 0.320 e. The molecule has 25 heavy (non-hydrogen) atoms. The van der Waals surface area contributed by atoms with E-state index in [0.29, 0.717) is 5.95 Å². The summed E-state index contributed by atoms with van der Waals surface area (Å²) in [6.07, 6.45) is 8.97. The van der Waals surface area contributed by atoms with E-state index in [1.807, 2.05) is 11.0 Å². The number of nitrogens with one attached hydrogen (secondary N) is 1. The Kier molecular flexibility index (Phi) is 4.74. The summed E-state index contributed by atoms with van der Waals surface area (Å²) in [5, 5.41) is 3.31. The number of fused-ring (bicyclic) bond motifs is 1. The van der Waals surface area contributed by atoms with Gasteiger partial charge in [-0.1, -0.05) is 0 Å². The molecule has 0 radical (unpaired) electrons. The largest absolute Gasteiger partial charge is 0.377 e. The zero-order chi connectivity index (χ0) is 17.1. The highest BCUT2D eigenvalue weighted by atomic mass is 16.5. The van der Waals surface area contributed by atoms with Crippen LogP contribution in [0.4, 0.5) is 10.7 Å². The minimum Gasteiger partial charge on any atom is -0.377 e. The minimum absolute atomic E-state index is 0.0649. The van der Waals surface area contributed by atoms with E-state index in [4.69, 9.17) is 4.74 Å². The number of carbonyl (C=O) groups is 1. The van der Waals surface area contributed by atoms with Crippen LogP contribution in [0.3, 0.4) is 0 Å². The van der Waals surface area contributed by atoms with Crippen molar-refractivity contribution >= 4 is 12.0 Å². The van der Waals surface area contributed by atoms with Gasteiger partial charge in [0, 0.05) is 57.1 Å². The van der Waals surface area contributed by atoms with Gasteiger partial charge in [0.2, 0.25) is 5.95 Å². The molecule has 0 spiro atoms. The Morgan fingerprint density at radius 1 is 1.24 bits per heavy atom. The van der Waals surface area contributed by atoms with Crippen molar-refractivity contribution in [3.63, 3.8) is 0 Å². The second-order valence-corrected chi connectivity index (χ2v) is 7.41. The molecule has 2 amide bonds. The second-order valence-electron chi connectivity index (χ2n) is 7.41. The fraction of sp³-hybridized carbons (Fsp3) is 0.722. The first kappa shape index (κ1) is 16.6. The van der Waals surface area contributed by atoms with Crippen molar-refractivity contribution in [3.05, 3.63) is 18.5 Å². The fourth-order valence-electron chi connectivity index (χ4n) is 4.50. The maximum atomic E-state index is 12.8. The van der Waals surface area contributed by atoms with Crippen LogP contribution in [0.5, 0.6) is 0 Å². The number of rotatable bonds is 4. The number of piperidine rings is 1. The number of urea groups is 1. The molecule has 3 saturated heterocycles. The van der Waals surface area contributed by atoms with Gasteiger partial charge in [-0.05, 0) is 38.2 Å². The number of carbonyl (C=O) groups excluding carboxylic acids is 1. The Morgan fingerprint density at radius 3 is 2.84 bits per heavy atom. The molecule has 3 fully saturated rings. The van der Waals surface area contributed by atoms with Crippen LogP contribution in [-0.4, -0.2) is 71.2 Å². The van der Waals surface area contributed by atoms with Gasteiger partial charge in [-0.15, -0.1) is 0 Å². The van der Waals surface area contributed by atoms with Gasteiger partial charge in [0.05, 0.1) is 6.10 Å². The number of hydrogen-bond acceptors (Lipinski definition) is 5. The summed E-state index contributed by atoms with van der Waals surface area (Å²) in [5.74, 6) is 0.662. The van der Waals surface area contributed by atoms with Crippen molar-refractivity contribution in [1.82, 2.24) is 19.8 Å². The predicted molar refractivity (Wildman–Crippen MR) is 94.3 cm³/mol. The topological polar surface area (TPSA) is 70.6 Å². The molecule has 7 heteroatoms. The summed E-state index contributed by atoms with van der Waals surface area (Å²) >= 11 is 0. The lowest BCUT2D eigenvalue weighted by molar-refractivity contribution is -0.0120. The SMILES string of the molecule is O=C(N1CCCC1)N1CC[C@H]2OCC[C@@]2(CCNc2ncccn2)C1. The van der Waals surface area contributed by atoms with Crippen LogP contribution in [-0.2, 0) is 4.74 Å². The molecule has 4 rings (SSSR count). The van der Waals surface area contributed by atoms with Gasteiger partial charge in [0.1, 0.15) is 0 Å². The molecule has 3 aliphatic heterocycles. The number of anilines is 1. The second kappa shape index (κ2) is 7.15. The van der Waals surface area contributed by atoms with Gasteiger partial charge in [0.25, 0.3) is 0 Å². The van der Waals surface area contributed by atoms with E-state index < -0.39 is 0 Å². The standard InChI is InChI=1S/C18H27N5O2/c24-17(22-10-1-2-11-22)23-12-4-15-18(14-23,6-13-25-15)5-9-21-16-19-7-3-8-20-16/h3,7-8,15H,1-2,4-6,9-14H2,(H,19,20,21)/t15-,18+/m1/s1. The molecule has 2 atom stereocenters. The summed E-state index contributed by atoms with van der Waals surface area (Å²) in [7, 11) is 0. The van der Waals surface area contributed by atoms with Crippen LogP contribution >= 0.6 is 0 Å². The van der Waals surface area contributed by atoms with E-state index in [0.717, 1.165) is 71.4 Å². The molecule has 0 aliphatic carbocycles. The van der Waals surface area contributed by atoms with Crippen molar-refractivity contribution in [2.24, 2.45) is 5.41 Å². The van der Waals surface area contributed by atoms with E-state index in [1.165, 1.54) is 0 Å². The summed E-state index contributed by atoms with van der Waals surface area (Å²) in [5.41, 5.74) is 0.0649. The Bertz CT molecular complexity index is 592. The van der Waals surface area contributed by atoms with Crippen LogP contribution < -0.4 is 5.32 Å².